The van der Waals surface area contributed by atoms with Gasteiger partial charge in [0.15, 0.2) is 5.78 Å². The molecule has 0 radical (unpaired) electrons. The van der Waals surface area contributed by atoms with E-state index in [1.807, 2.05) is 31.2 Å². The molecule has 1 atom stereocenters. The second-order valence-electron chi connectivity index (χ2n) is 5.13. The third-order valence-corrected chi connectivity index (χ3v) is 3.51. The summed E-state index contributed by atoms with van der Waals surface area (Å²) in [5.41, 5.74) is 2.00. The molecule has 1 aliphatic rings. The minimum absolute atomic E-state index is 0.216. The number of ether oxygens (including phenoxy) is 1. The van der Waals surface area contributed by atoms with Gasteiger partial charge in [0, 0.05) is 19.2 Å². The molecule has 98 valence electrons. The van der Waals surface area contributed by atoms with Crippen LogP contribution in [-0.4, -0.2) is 44.0 Å². The molecular weight excluding hydrogens is 226 g/mol. The van der Waals surface area contributed by atoms with E-state index in [-0.39, 0.29) is 5.78 Å². The van der Waals surface area contributed by atoms with E-state index < -0.39 is 0 Å². The summed E-state index contributed by atoms with van der Waals surface area (Å²) in [4.78, 5) is 14.3. The minimum Gasteiger partial charge on any atom is -0.384 e. The number of hydrogen-bond acceptors (Lipinski definition) is 3. The van der Waals surface area contributed by atoms with Crippen molar-refractivity contribution in [1.82, 2.24) is 4.90 Å². The van der Waals surface area contributed by atoms with Crippen LogP contribution in [0.2, 0.25) is 0 Å². The number of likely N-dealkylation sites (tertiary alicyclic amines) is 1. The van der Waals surface area contributed by atoms with Crippen LogP contribution in [0.5, 0.6) is 0 Å². The Bertz CT molecular complexity index is 399. The lowest BCUT2D eigenvalue weighted by Crippen LogP contribution is -2.28. The van der Waals surface area contributed by atoms with Crippen LogP contribution >= 0.6 is 0 Å². The summed E-state index contributed by atoms with van der Waals surface area (Å²) in [6, 6.07) is 7.82. The van der Waals surface area contributed by atoms with Crippen LogP contribution < -0.4 is 0 Å². The van der Waals surface area contributed by atoms with E-state index in [2.05, 4.69) is 4.90 Å². The third kappa shape index (κ3) is 3.40. The number of benzene rings is 1. The maximum atomic E-state index is 12.1. The summed E-state index contributed by atoms with van der Waals surface area (Å²) in [6.45, 7) is 5.35. The molecule has 0 N–H and O–H groups in total. The zero-order valence-corrected chi connectivity index (χ0v) is 11.2. The van der Waals surface area contributed by atoms with Gasteiger partial charge in [-0.2, -0.15) is 0 Å². The summed E-state index contributed by atoms with van der Waals surface area (Å²) in [5, 5.41) is 0. The molecule has 3 heteroatoms. The zero-order valence-electron chi connectivity index (χ0n) is 11.2. The van der Waals surface area contributed by atoms with Gasteiger partial charge in [0.05, 0.1) is 13.2 Å². The molecule has 1 aliphatic heterocycles. The Hall–Kier alpha value is -1.19. The minimum atomic E-state index is 0.216. The molecule has 0 bridgehead atoms. The van der Waals surface area contributed by atoms with Crippen LogP contribution in [0.15, 0.2) is 24.3 Å². The van der Waals surface area contributed by atoms with Crippen LogP contribution in [0.4, 0.5) is 0 Å². The van der Waals surface area contributed by atoms with Gasteiger partial charge in [0.1, 0.15) is 0 Å². The van der Waals surface area contributed by atoms with E-state index in [1.165, 1.54) is 5.56 Å². The molecule has 1 heterocycles. The standard InChI is InChI=1S/C15H21NO2/c1-12-3-5-14(6-4-12)15(17)10-16-8-7-13(9-16)11-18-2/h3-6,13H,7-11H2,1-2H3. The van der Waals surface area contributed by atoms with Crippen molar-refractivity contribution in [3.8, 4) is 0 Å². The first-order valence-corrected chi connectivity index (χ1v) is 6.50. The first-order chi connectivity index (χ1) is 8.69. The predicted molar refractivity (Wildman–Crippen MR) is 71.9 cm³/mol. The SMILES string of the molecule is COCC1CCN(CC(=O)c2ccc(C)cc2)C1. The molecule has 0 spiro atoms. The second kappa shape index (κ2) is 6.12. The van der Waals surface area contributed by atoms with Crippen molar-refractivity contribution < 1.29 is 9.53 Å². The first-order valence-electron chi connectivity index (χ1n) is 6.50. The van der Waals surface area contributed by atoms with Crippen LogP contribution in [0.25, 0.3) is 0 Å². The molecule has 2 rings (SSSR count). The first kappa shape index (κ1) is 13.2. The summed E-state index contributed by atoms with van der Waals surface area (Å²) in [6.07, 6.45) is 1.13. The highest BCUT2D eigenvalue weighted by Gasteiger charge is 2.24. The molecule has 1 aromatic carbocycles. The molecule has 0 aromatic heterocycles. The average Bonchev–Trinajstić information content (AvgIpc) is 2.78. The summed E-state index contributed by atoms with van der Waals surface area (Å²) in [7, 11) is 1.74. The molecule has 3 nitrogen and oxygen atoms in total. The third-order valence-electron chi connectivity index (χ3n) is 3.51. The fourth-order valence-electron chi connectivity index (χ4n) is 2.46. The summed E-state index contributed by atoms with van der Waals surface area (Å²) < 4.78 is 5.17. The lowest BCUT2D eigenvalue weighted by molar-refractivity contribution is 0.0937. The Kier molecular flexibility index (Phi) is 4.50. The highest BCUT2D eigenvalue weighted by Crippen LogP contribution is 2.16. The largest absolute Gasteiger partial charge is 0.384 e. The van der Waals surface area contributed by atoms with E-state index in [0.29, 0.717) is 12.5 Å². The Morgan fingerprint density at radius 3 is 2.78 bits per heavy atom. The average molecular weight is 247 g/mol. The van der Waals surface area contributed by atoms with Crippen molar-refractivity contribution in [3.05, 3.63) is 35.4 Å². The number of rotatable bonds is 5. The molecule has 1 saturated heterocycles. The second-order valence-corrected chi connectivity index (χ2v) is 5.13. The smallest absolute Gasteiger partial charge is 0.176 e. The molecule has 1 unspecified atom stereocenters. The fraction of sp³-hybridized carbons (Fsp3) is 0.533. The lowest BCUT2D eigenvalue weighted by Gasteiger charge is -2.14. The maximum absolute atomic E-state index is 12.1. The summed E-state index contributed by atoms with van der Waals surface area (Å²) in [5.74, 6) is 0.800. The quantitative estimate of drug-likeness (QED) is 0.747. The maximum Gasteiger partial charge on any atom is 0.176 e. The zero-order chi connectivity index (χ0) is 13.0. The number of nitrogens with zero attached hydrogens (tertiary/aromatic N) is 1. The Labute approximate surface area is 109 Å². The number of carbonyl (C=O) groups is 1. The van der Waals surface area contributed by atoms with Gasteiger partial charge in [-0.25, -0.2) is 0 Å². The van der Waals surface area contributed by atoms with E-state index in [1.54, 1.807) is 7.11 Å². The molecule has 1 aromatic rings. The molecule has 0 aliphatic carbocycles. The van der Waals surface area contributed by atoms with Crippen molar-refractivity contribution in [2.24, 2.45) is 5.92 Å². The molecule has 18 heavy (non-hydrogen) atoms. The van der Waals surface area contributed by atoms with E-state index in [0.717, 1.165) is 31.7 Å². The summed E-state index contributed by atoms with van der Waals surface area (Å²) >= 11 is 0. The lowest BCUT2D eigenvalue weighted by atomic mass is 10.1. The Morgan fingerprint density at radius 2 is 2.11 bits per heavy atom. The van der Waals surface area contributed by atoms with E-state index in [9.17, 15) is 4.79 Å². The highest BCUT2D eigenvalue weighted by molar-refractivity contribution is 5.97. The van der Waals surface area contributed by atoms with Gasteiger partial charge in [0.25, 0.3) is 0 Å². The van der Waals surface area contributed by atoms with Gasteiger partial charge in [0.2, 0.25) is 0 Å². The van der Waals surface area contributed by atoms with Gasteiger partial charge >= 0.3 is 0 Å². The normalized spacial score (nSPS) is 20.2. The number of aryl methyl sites for hydroxylation is 1. The monoisotopic (exact) mass is 247 g/mol. The number of methoxy groups -OCH3 is 1. The van der Waals surface area contributed by atoms with Gasteiger partial charge in [-0.3, -0.25) is 9.69 Å². The molecule has 1 fully saturated rings. The Balaban J connectivity index is 1.87. The van der Waals surface area contributed by atoms with Crippen LogP contribution in [0, 0.1) is 12.8 Å². The highest BCUT2D eigenvalue weighted by atomic mass is 16.5. The number of carbonyl (C=O) groups excluding carboxylic acids is 1. The van der Waals surface area contributed by atoms with E-state index in [4.69, 9.17) is 4.74 Å². The van der Waals surface area contributed by atoms with Crippen molar-refractivity contribution in [2.45, 2.75) is 13.3 Å². The fourth-order valence-corrected chi connectivity index (χ4v) is 2.46. The van der Waals surface area contributed by atoms with Crippen molar-refractivity contribution in [1.29, 1.82) is 0 Å². The van der Waals surface area contributed by atoms with Crippen molar-refractivity contribution in [3.63, 3.8) is 0 Å². The molecule has 0 saturated carbocycles. The van der Waals surface area contributed by atoms with Crippen molar-refractivity contribution >= 4 is 5.78 Å². The molecule has 0 amide bonds. The van der Waals surface area contributed by atoms with Crippen LogP contribution in [-0.2, 0) is 4.74 Å². The van der Waals surface area contributed by atoms with Gasteiger partial charge < -0.3 is 4.74 Å². The van der Waals surface area contributed by atoms with E-state index >= 15 is 0 Å². The molecular formula is C15H21NO2. The van der Waals surface area contributed by atoms with Crippen LogP contribution in [0.1, 0.15) is 22.3 Å². The van der Waals surface area contributed by atoms with Gasteiger partial charge in [-0.15, -0.1) is 0 Å². The predicted octanol–water partition coefficient (Wildman–Crippen LogP) is 2.15. The number of hydrogen-bond donors (Lipinski definition) is 0. The Morgan fingerprint density at radius 1 is 1.39 bits per heavy atom. The topological polar surface area (TPSA) is 29.5 Å². The van der Waals surface area contributed by atoms with Crippen LogP contribution in [0.3, 0.4) is 0 Å². The van der Waals surface area contributed by atoms with Gasteiger partial charge in [-0.05, 0) is 25.8 Å². The van der Waals surface area contributed by atoms with Gasteiger partial charge in [-0.1, -0.05) is 29.8 Å². The number of ketones is 1. The number of Topliss-reactive ketones (excluding diaryl/α,β-unsaturated/α-hetero) is 1. The van der Waals surface area contributed by atoms with Crippen molar-refractivity contribution in [2.75, 3.05) is 33.4 Å².